The predicted octanol–water partition coefficient (Wildman–Crippen LogP) is 12.3. The molecule has 0 rings (SSSR count). The van der Waals surface area contributed by atoms with Crippen LogP contribution in [0.4, 0.5) is 0 Å². The number of aliphatic hydroxyl groups excluding tert-OH is 1. The van der Waals surface area contributed by atoms with Gasteiger partial charge in [-0.2, -0.15) is 0 Å². The van der Waals surface area contributed by atoms with E-state index >= 15 is 0 Å². The maximum absolute atomic E-state index is 12.7. The molecular formula is C50H85NO9P+. The van der Waals surface area contributed by atoms with Gasteiger partial charge in [-0.15, -0.1) is 0 Å². The molecular weight excluding hydrogens is 790 g/mol. The van der Waals surface area contributed by atoms with Gasteiger partial charge in [-0.05, 0) is 89.9 Å². The summed E-state index contributed by atoms with van der Waals surface area (Å²) < 4.78 is 34.2. The minimum atomic E-state index is -4.42. The van der Waals surface area contributed by atoms with Crippen LogP contribution in [0.5, 0.6) is 0 Å². The molecule has 0 radical (unpaired) electrons. The zero-order valence-corrected chi connectivity index (χ0v) is 39.6. The minimum Gasteiger partial charge on any atom is -0.462 e. The zero-order valence-electron chi connectivity index (χ0n) is 38.7. The normalized spacial score (nSPS) is 14.9. The van der Waals surface area contributed by atoms with Gasteiger partial charge < -0.3 is 24.0 Å². The van der Waals surface area contributed by atoms with E-state index in [9.17, 15) is 24.2 Å². The molecule has 0 aliphatic rings. The number of allylic oxidation sites excluding steroid dienone is 15. The number of rotatable bonds is 40. The molecule has 3 atom stereocenters. The Morgan fingerprint density at radius 2 is 1.05 bits per heavy atom. The molecule has 0 aliphatic carbocycles. The second kappa shape index (κ2) is 40.9. The Kier molecular flexibility index (Phi) is 38.8. The van der Waals surface area contributed by atoms with Crippen LogP contribution < -0.4 is 0 Å². The first-order valence-electron chi connectivity index (χ1n) is 23.1. The van der Waals surface area contributed by atoms with Crippen LogP contribution in [0.25, 0.3) is 0 Å². The Labute approximate surface area is 371 Å². The van der Waals surface area contributed by atoms with Gasteiger partial charge in [0.1, 0.15) is 19.8 Å². The zero-order chi connectivity index (χ0) is 45.1. The summed E-state index contributed by atoms with van der Waals surface area (Å²) in [5.41, 5.74) is 0. The molecule has 2 N–H and O–H groups in total. The summed E-state index contributed by atoms with van der Waals surface area (Å²) in [6.45, 7) is 4.10. The van der Waals surface area contributed by atoms with E-state index in [1.807, 2.05) is 45.4 Å². The number of likely N-dealkylation sites (N-methyl/N-ethyl adjacent to an activating group) is 1. The highest BCUT2D eigenvalue weighted by atomic mass is 31.2. The van der Waals surface area contributed by atoms with Gasteiger partial charge in [0.05, 0.1) is 33.9 Å². The minimum absolute atomic E-state index is 0.00303. The van der Waals surface area contributed by atoms with Crippen LogP contribution in [0, 0.1) is 0 Å². The van der Waals surface area contributed by atoms with Crippen molar-refractivity contribution in [2.45, 2.75) is 161 Å². The fraction of sp³-hybridized carbons (Fsp3) is 0.640. The lowest BCUT2D eigenvalue weighted by atomic mass is 10.1. The molecule has 1 unspecified atom stereocenters. The molecule has 11 heteroatoms. The van der Waals surface area contributed by atoms with Crippen molar-refractivity contribution in [3.8, 4) is 0 Å². The third kappa shape index (κ3) is 44.7. The number of phosphoric ester groups is 1. The van der Waals surface area contributed by atoms with E-state index < -0.39 is 32.5 Å². The predicted molar refractivity (Wildman–Crippen MR) is 253 cm³/mol. The van der Waals surface area contributed by atoms with E-state index in [4.69, 9.17) is 18.5 Å². The average molecular weight is 875 g/mol. The molecule has 0 spiro atoms. The van der Waals surface area contributed by atoms with Gasteiger partial charge in [-0.3, -0.25) is 18.6 Å². The highest BCUT2D eigenvalue weighted by molar-refractivity contribution is 7.47. The largest absolute Gasteiger partial charge is 0.472 e. The smallest absolute Gasteiger partial charge is 0.462 e. The van der Waals surface area contributed by atoms with Crippen molar-refractivity contribution in [1.29, 1.82) is 0 Å². The highest BCUT2D eigenvalue weighted by Crippen LogP contribution is 2.43. The Bertz CT molecular complexity index is 1370. The summed E-state index contributed by atoms with van der Waals surface area (Å²) in [5, 5.41) is 9.83. The molecule has 0 amide bonds. The molecule has 0 heterocycles. The van der Waals surface area contributed by atoms with Crippen molar-refractivity contribution >= 4 is 19.8 Å². The maximum Gasteiger partial charge on any atom is 0.472 e. The summed E-state index contributed by atoms with van der Waals surface area (Å²) in [6.07, 6.45) is 50.8. The number of quaternary nitrogens is 1. The summed E-state index contributed by atoms with van der Waals surface area (Å²) in [6, 6.07) is 0. The van der Waals surface area contributed by atoms with E-state index in [0.717, 1.165) is 77.0 Å². The number of unbranched alkanes of at least 4 members (excludes halogenated alkanes) is 8. The van der Waals surface area contributed by atoms with Crippen LogP contribution in [0.2, 0.25) is 0 Å². The van der Waals surface area contributed by atoms with E-state index in [2.05, 4.69) is 86.8 Å². The first kappa shape index (κ1) is 57.9. The standard InChI is InChI=1S/C50H84NO9P/c1-6-8-10-11-12-13-14-15-16-17-18-19-20-21-25-28-31-34-37-41-49(53)57-45-48(46-59-61(55,56)58-44-43-51(3,4)5)60-50(54)42-38-35-32-29-26-23-22-24-27-30-33-36-40-47(52)39-9-7-2/h12-13,15-16,18-19,21-23,25,27,29-30,32,36,40,47-48,52H,6-11,14,17,20,24,26,28,31,33-35,37-39,41-46H2,1-5H3/p+1/b13-12-,16-15-,19-18-,23-22-,25-21-,30-27-,32-29-,40-36-/t47-,48-/m1/s1. The Morgan fingerprint density at radius 3 is 1.57 bits per heavy atom. The summed E-state index contributed by atoms with van der Waals surface area (Å²) in [5.74, 6) is -0.933. The molecule has 0 saturated carbocycles. The molecule has 0 saturated heterocycles. The van der Waals surface area contributed by atoms with Crippen molar-refractivity contribution in [3.05, 3.63) is 97.2 Å². The van der Waals surface area contributed by atoms with Gasteiger partial charge in [-0.1, -0.05) is 143 Å². The summed E-state index contributed by atoms with van der Waals surface area (Å²) in [7, 11) is 1.38. The van der Waals surface area contributed by atoms with Gasteiger partial charge in [-0.25, -0.2) is 4.57 Å². The SMILES string of the molecule is CCCCC/C=C\C/C=C\C/C=C\C/C=C\CCCCCC(=O)OC[C@H](COP(=O)(O)OCC[N+](C)(C)C)OC(=O)CCC/C=C\C/C=C\C/C=C\C/C=C\[C@H](O)CCCC. The number of aliphatic hydroxyl groups is 1. The molecule has 0 bridgehead atoms. The summed E-state index contributed by atoms with van der Waals surface area (Å²) >= 11 is 0. The van der Waals surface area contributed by atoms with Crippen LogP contribution in [-0.2, 0) is 32.7 Å². The van der Waals surface area contributed by atoms with Crippen molar-refractivity contribution in [3.63, 3.8) is 0 Å². The Hall–Kier alpha value is -3.11. The van der Waals surface area contributed by atoms with E-state index in [1.165, 1.54) is 25.7 Å². The van der Waals surface area contributed by atoms with Gasteiger partial charge in [0.2, 0.25) is 0 Å². The number of carbonyl (C=O) groups excluding carboxylic acids is 2. The fourth-order valence-corrected chi connectivity index (χ4v) is 6.22. The van der Waals surface area contributed by atoms with Crippen molar-refractivity contribution in [2.24, 2.45) is 0 Å². The van der Waals surface area contributed by atoms with Crippen molar-refractivity contribution < 1.29 is 47.2 Å². The summed E-state index contributed by atoms with van der Waals surface area (Å²) in [4.78, 5) is 35.4. The highest BCUT2D eigenvalue weighted by Gasteiger charge is 2.27. The first-order chi connectivity index (χ1) is 29.4. The van der Waals surface area contributed by atoms with E-state index in [-0.39, 0.29) is 32.2 Å². The Morgan fingerprint density at radius 1 is 0.574 bits per heavy atom. The second-order valence-corrected chi connectivity index (χ2v) is 17.7. The third-order valence-corrected chi connectivity index (χ3v) is 10.1. The van der Waals surface area contributed by atoms with Crippen LogP contribution >= 0.6 is 7.82 Å². The lowest BCUT2D eigenvalue weighted by molar-refractivity contribution is -0.870. The topological polar surface area (TPSA) is 129 Å². The molecule has 0 aromatic carbocycles. The maximum atomic E-state index is 12.7. The van der Waals surface area contributed by atoms with Crippen molar-refractivity contribution in [1.82, 2.24) is 0 Å². The van der Waals surface area contributed by atoms with Gasteiger partial charge >= 0.3 is 19.8 Å². The monoisotopic (exact) mass is 875 g/mol. The lowest BCUT2D eigenvalue weighted by Gasteiger charge is -2.24. The first-order valence-corrected chi connectivity index (χ1v) is 24.5. The van der Waals surface area contributed by atoms with Gasteiger partial charge in [0, 0.05) is 12.8 Å². The van der Waals surface area contributed by atoms with Crippen LogP contribution in [0.15, 0.2) is 97.2 Å². The van der Waals surface area contributed by atoms with Crippen LogP contribution in [0.3, 0.4) is 0 Å². The lowest BCUT2D eigenvalue weighted by Crippen LogP contribution is -2.37. The number of hydrogen-bond donors (Lipinski definition) is 2. The molecule has 0 aromatic rings. The van der Waals surface area contributed by atoms with Gasteiger partial charge in [0.15, 0.2) is 6.10 Å². The molecule has 0 aliphatic heterocycles. The molecule has 61 heavy (non-hydrogen) atoms. The number of hydrogen-bond acceptors (Lipinski definition) is 8. The molecule has 10 nitrogen and oxygen atoms in total. The molecule has 0 aromatic heterocycles. The third-order valence-electron chi connectivity index (χ3n) is 9.16. The molecule has 348 valence electrons. The average Bonchev–Trinajstić information content (AvgIpc) is 3.21. The number of nitrogens with zero attached hydrogens (tertiary/aromatic N) is 1. The number of phosphoric acid groups is 1. The Balaban J connectivity index is 4.54. The van der Waals surface area contributed by atoms with Crippen LogP contribution in [-0.4, -0.2) is 86.1 Å². The van der Waals surface area contributed by atoms with Crippen molar-refractivity contribution in [2.75, 3.05) is 47.5 Å². The quantitative estimate of drug-likeness (QED) is 0.0203. The molecule has 0 fully saturated rings. The number of esters is 2. The second-order valence-electron chi connectivity index (χ2n) is 16.2. The number of carbonyl (C=O) groups is 2. The fourth-order valence-electron chi connectivity index (χ4n) is 5.48. The van der Waals surface area contributed by atoms with Crippen LogP contribution in [0.1, 0.15) is 149 Å². The van der Waals surface area contributed by atoms with E-state index in [0.29, 0.717) is 30.3 Å². The number of ether oxygens (including phenoxy) is 2. The van der Waals surface area contributed by atoms with Gasteiger partial charge in [0.25, 0.3) is 0 Å². The van der Waals surface area contributed by atoms with E-state index in [1.54, 1.807) is 0 Å².